The molecule has 0 heterocycles. The van der Waals surface area contributed by atoms with Gasteiger partial charge in [-0.15, -0.1) is 0 Å². The largest absolute Gasteiger partial charge is 0.300 e. The third kappa shape index (κ3) is 3.06. The molecule has 1 aliphatic carbocycles. The van der Waals surface area contributed by atoms with Crippen molar-refractivity contribution in [3.8, 4) is 0 Å². The Morgan fingerprint density at radius 3 is 2.67 bits per heavy atom. The van der Waals surface area contributed by atoms with E-state index in [0.717, 1.165) is 24.7 Å². The zero-order valence-electron chi connectivity index (χ0n) is 10.8. The average Bonchev–Trinajstić information content (AvgIpc) is 2.16. The van der Waals surface area contributed by atoms with E-state index in [0.29, 0.717) is 11.2 Å². The smallest absolute Gasteiger partial charge is 0.129 e. The quantitative estimate of drug-likeness (QED) is 0.679. The first kappa shape index (κ1) is 12.7. The van der Waals surface area contributed by atoms with E-state index in [4.69, 9.17) is 0 Å². The Labute approximate surface area is 94.6 Å². The molecule has 0 N–H and O–H groups in total. The van der Waals surface area contributed by atoms with Crippen LogP contribution in [0.4, 0.5) is 0 Å². The fourth-order valence-electron chi connectivity index (χ4n) is 3.33. The summed E-state index contributed by atoms with van der Waals surface area (Å²) >= 11 is 0. The minimum Gasteiger partial charge on any atom is -0.300 e. The van der Waals surface area contributed by atoms with Crippen LogP contribution in [0.15, 0.2) is 0 Å². The van der Waals surface area contributed by atoms with E-state index in [1.165, 1.54) is 25.7 Å². The predicted molar refractivity (Wildman–Crippen MR) is 64.8 cm³/mol. The van der Waals surface area contributed by atoms with Crippen molar-refractivity contribution in [2.75, 3.05) is 0 Å². The van der Waals surface area contributed by atoms with Crippen molar-refractivity contribution >= 4 is 5.78 Å². The number of hydrogen-bond donors (Lipinski definition) is 0. The molecule has 3 atom stereocenters. The van der Waals surface area contributed by atoms with Gasteiger partial charge in [0.1, 0.15) is 5.78 Å². The Morgan fingerprint density at radius 2 is 2.13 bits per heavy atom. The second kappa shape index (κ2) is 5.14. The van der Waals surface area contributed by atoms with Crippen molar-refractivity contribution in [2.24, 2.45) is 17.3 Å². The molecule has 0 saturated heterocycles. The molecular formula is C14H26O. The topological polar surface area (TPSA) is 17.1 Å². The lowest BCUT2D eigenvalue weighted by molar-refractivity contribution is -0.117. The molecule has 88 valence electrons. The van der Waals surface area contributed by atoms with Crippen LogP contribution >= 0.6 is 0 Å². The van der Waals surface area contributed by atoms with Crippen molar-refractivity contribution in [2.45, 2.75) is 66.2 Å². The summed E-state index contributed by atoms with van der Waals surface area (Å²) in [6, 6.07) is 0. The minimum atomic E-state index is 0.353. The van der Waals surface area contributed by atoms with Gasteiger partial charge >= 0.3 is 0 Å². The molecule has 1 heteroatoms. The van der Waals surface area contributed by atoms with Gasteiger partial charge in [0, 0.05) is 6.42 Å². The molecule has 0 aromatic heterocycles. The van der Waals surface area contributed by atoms with Crippen LogP contribution in [0.2, 0.25) is 0 Å². The van der Waals surface area contributed by atoms with E-state index in [9.17, 15) is 4.79 Å². The number of ketones is 1. The molecule has 1 saturated carbocycles. The van der Waals surface area contributed by atoms with Crippen molar-refractivity contribution in [1.29, 1.82) is 0 Å². The summed E-state index contributed by atoms with van der Waals surface area (Å²) in [5, 5.41) is 0. The minimum absolute atomic E-state index is 0.353. The van der Waals surface area contributed by atoms with Gasteiger partial charge in [0.15, 0.2) is 0 Å². The summed E-state index contributed by atoms with van der Waals surface area (Å²) in [5.41, 5.74) is 0.493. The highest BCUT2D eigenvalue weighted by atomic mass is 16.1. The third-order valence-corrected chi connectivity index (χ3v) is 4.60. The maximum absolute atomic E-state index is 11.1. The molecule has 0 aromatic carbocycles. The van der Waals surface area contributed by atoms with Crippen LogP contribution < -0.4 is 0 Å². The number of carbonyl (C=O) groups excluding carboxylic acids is 1. The molecule has 1 nitrogen and oxygen atoms in total. The Balaban J connectivity index is 2.64. The lowest BCUT2D eigenvalue weighted by Gasteiger charge is -2.45. The average molecular weight is 210 g/mol. The summed E-state index contributed by atoms with van der Waals surface area (Å²) in [7, 11) is 0. The van der Waals surface area contributed by atoms with E-state index in [-0.39, 0.29) is 0 Å². The van der Waals surface area contributed by atoms with Gasteiger partial charge in [-0.2, -0.15) is 0 Å². The van der Waals surface area contributed by atoms with Gasteiger partial charge in [-0.25, -0.2) is 0 Å². The van der Waals surface area contributed by atoms with Crippen LogP contribution in [0.25, 0.3) is 0 Å². The Morgan fingerprint density at radius 1 is 1.47 bits per heavy atom. The summed E-state index contributed by atoms with van der Waals surface area (Å²) in [4.78, 5) is 11.1. The molecule has 1 fully saturated rings. The fourth-order valence-corrected chi connectivity index (χ4v) is 3.33. The van der Waals surface area contributed by atoms with Gasteiger partial charge in [-0.05, 0) is 37.0 Å². The highest BCUT2D eigenvalue weighted by molar-refractivity contribution is 5.75. The Kier molecular flexibility index (Phi) is 4.36. The first-order valence-corrected chi connectivity index (χ1v) is 6.49. The molecule has 0 aromatic rings. The van der Waals surface area contributed by atoms with E-state index < -0.39 is 0 Å². The first-order chi connectivity index (χ1) is 6.99. The zero-order chi connectivity index (χ0) is 11.5. The molecule has 1 aliphatic rings. The SMILES string of the molecule is CC[C@]1(C)CCC[C@@H](C)[C@@H]1CCC(C)=O. The second-order valence-corrected chi connectivity index (χ2v) is 5.72. The molecule has 1 rings (SSSR count). The monoisotopic (exact) mass is 210 g/mol. The van der Waals surface area contributed by atoms with Crippen LogP contribution in [-0.2, 0) is 4.79 Å². The molecular weight excluding hydrogens is 184 g/mol. The molecule has 0 amide bonds. The maximum atomic E-state index is 11.1. The number of rotatable bonds is 4. The van der Waals surface area contributed by atoms with Gasteiger partial charge in [0.25, 0.3) is 0 Å². The van der Waals surface area contributed by atoms with E-state index >= 15 is 0 Å². The fraction of sp³-hybridized carbons (Fsp3) is 0.929. The molecule has 0 unspecified atom stereocenters. The van der Waals surface area contributed by atoms with Crippen molar-refractivity contribution in [3.63, 3.8) is 0 Å². The van der Waals surface area contributed by atoms with Crippen molar-refractivity contribution in [1.82, 2.24) is 0 Å². The Hall–Kier alpha value is -0.330. The Bertz CT molecular complexity index is 221. The summed E-state index contributed by atoms with van der Waals surface area (Å²) in [6.45, 7) is 8.82. The number of hydrogen-bond acceptors (Lipinski definition) is 1. The summed E-state index contributed by atoms with van der Waals surface area (Å²) in [5.74, 6) is 1.93. The molecule has 0 aliphatic heterocycles. The van der Waals surface area contributed by atoms with Crippen LogP contribution in [-0.4, -0.2) is 5.78 Å². The second-order valence-electron chi connectivity index (χ2n) is 5.72. The van der Waals surface area contributed by atoms with Crippen molar-refractivity contribution < 1.29 is 4.79 Å². The predicted octanol–water partition coefficient (Wildman–Crippen LogP) is 4.21. The van der Waals surface area contributed by atoms with Crippen LogP contribution in [0.3, 0.4) is 0 Å². The molecule has 0 spiro atoms. The van der Waals surface area contributed by atoms with Crippen LogP contribution in [0.1, 0.15) is 66.2 Å². The standard InChI is InChI=1S/C14H26O/c1-5-14(4)10-6-7-11(2)13(14)9-8-12(3)15/h11,13H,5-10H2,1-4H3/t11-,13+,14-/m1/s1. The van der Waals surface area contributed by atoms with Crippen LogP contribution in [0, 0.1) is 17.3 Å². The molecule has 0 bridgehead atoms. The van der Waals surface area contributed by atoms with Crippen molar-refractivity contribution in [3.05, 3.63) is 0 Å². The number of Topliss-reactive ketones (excluding diaryl/α,β-unsaturated/α-hetero) is 1. The van der Waals surface area contributed by atoms with E-state index in [1.807, 2.05) is 0 Å². The van der Waals surface area contributed by atoms with Gasteiger partial charge in [-0.3, -0.25) is 0 Å². The highest BCUT2D eigenvalue weighted by Crippen LogP contribution is 2.48. The van der Waals surface area contributed by atoms with Gasteiger partial charge < -0.3 is 4.79 Å². The van der Waals surface area contributed by atoms with Crippen LogP contribution in [0.5, 0.6) is 0 Å². The molecule has 0 radical (unpaired) electrons. The normalized spacial score (nSPS) is 36.5. The first-order valence-electron chi connectivity index (χ1n) is 6.49. The number of carbonyl (C=O) groups is 1. The maximum Gasteiger partial charge on any atom is 0.129 e. The van der Waals surface area contributed by atoms with Gasteiger partial charge in [0.05, 0.1) is 0 Å². The highest BCUT2D eigenvalue weighted by Gasteiger charge is 2.38. The lowest BCUT2D eigenvalue weighted by atomic mass is 9.60. The zero-order valence-corrected chi connectivity index (χ0v) is 10.8. The third-order valence-electron chi connectivity index (χ3n) is 4.60. The van der Waals surface area contributed by atoms with E-state index in [1.54, 1.807) is 6.92 Å². The van der Waals surface area contributed by atoms with Gasteiger partial charge in [0.2, 0.25) is 0 Å². The lowest BCUT2D eigenvalue weighted by Crippen LogP contribution is -2.35. The van der Waals surface area contributed by atoms with E-state index in [2.05, 4.69) is 20.8 Å². The summed E-state index contributed by atoms with van der Waals surface area (Å²) < 4.78 is 0. The molecule has 15 heavy (non-hydrogen) atoms. The summed E-state index contributed by atoms with van der Waals surface area (Å²) in [6.07, 6.45) is 7.25. The van der Waals surface area contributed by atoms with Gasteiger partial charge in [-0.1, -0.05) is 40.0 Å².